The largest absolute Gasteiger partial charge is 0.478 e. The van der Waals surface area contributed by atoms with Crippen molar-refractivity contribution >= 4 is 30.5 Å². The maximum atomic E-state index is 13.1. The molecule has 13 heteroatoms. The zero-order valence-corrected chi connectivity index (χ0v) is 17.7. The molecule has 0 fully saturated rings. The van der Waals surface area contributed by atoms with E-state index in [4.69, 9.17) is 5.11 Å². The number of benzene rings is 1. The van der Waals surface area contributed by atoms with Gasteiger partial charge in [-0.15, -0.1) is 0 Å². The number of hydrogen-bond acceptors (Lipinski definition) is 5. The fourth-order valence-corrected chi connectivity index (χ4v) is 3.31. The second-order valence-electron chi connectivity index (χ2n) is 6.94. The number of rotatable bonds is 4. The maximum absolute atomic E-state index is 13.1. The summed E-state index contributed by atoms with van der Waals surface area (Å²) in [5.41, 5.74) is -0.252. The summed E-state index contributed by atoms with van der Waals surface area (Å²) in [5.74, 6) is -1.21. The Bertz CT molecular complexity index is 1370. The summed E-state index contributed by atoms with van der Waals surface area (Å²) >= 11 is 0. The molecule has 0 saturated heterocycles. The van der Waals surface area contributed by atoms with Crippen LogP contribution in [0.4, 0.5) is 13.2 Å². The summed E-state index contributed by atoms with van der Waals surface area (Å²) < 4.78 is 41.8. The van der Waals surface area contributed by atoms with Gasteiger partial charge in [-0.2, -0.15) is 36.9 Å². The fraction of sp³-hybridized carbons (Fsp3) is 0.211. The molecule has 0 aliphatic heterocycles. The molecule has 0 unspecified atom stereocenters. The van der Waals surface area contributed by atoms with Crippen molar-refractivity contribution in [3.63, 3.8) is 0 Å². The van der Waals surface area contributed by atoms with Crippen molar-refractivity contribution in [1.82, 2.24) is 29.5 Å². The number of nitrogens with zero attached hydrogens (tertiary/aromatic N) is 5. The van der Waals surface area contributed by atoms with Gasteiger partial charge in [0.1, 0.15) is 5.52 Å². The highest BCUT2D eigenvalue weighted by atomic mass is 32.1. The summed E-state index contributed by atoms with van der Waals surface area (Å²) in [6, 6.07) is 2.74. The lowest BCUT2D eigenvalue weighted by Crippen LogP contribution is -2.19. The third-order valence-corrected chi connectivity index (χ3v) is 4.91. The fourth-order valence-electron chi connectivity index (χ4n) is 3.31. The van der Waals surface area contributed by atoms with Gasteiger partial charge in [-0.1, -0.05) is 6.07 Å². The number of H-pyrrole nitrogens is 1. The van der Waals surface area contributed by atoms with E-state index in [1.54, 1.807) is 13.8 Å². The van der Waals surface area contributed by atoms with Crippen LogP contribution in [0, 0.1) is 6.92 Å². The van der Waals surface area contributed by atoms with Gasteiger partial charge in [0.05, 0.1) is 29.6 Å². The Morgan fingerprint density at radius 2 is 1.94 bits per heavy atom. The average molecular weight is 466 g/mol. The summed E-state index contributed by atoms with van der Waals surface area (Å²) in [4.78, 5) is 30.5. The molecule has 9 nitrogen and oxygen atoms in total. The van der Waals surface area contributed by atoms with Crippen LogP contribution in [-0.2, 0) is 6.18 Å². The first-order valence-corrected chi connectivity index (χ1v) is 9.00. The van der Waals surface area contributed by atoms with Gasteiger partial charge in [-0.3, -0.25) is 14.5 Å². The van der Waals surface area contributed by atoms with Crippen molar-refractivity contribution in [3.05, 3.63) is 69.4 Å². The molecule has 0 radical (unpaired) electrons. The molecule has 0 saturated carbocycles. The predicted octanol–water partition coefficient (Wildman–Crippen LogP) is 3.05. The van der Waals surface area contributed by atoms with Gasteiger partial charge in [0.25, 0.3) is 5.56 Å². The number of carbonyl (C=O) groups is 1. The van der Waals surface area contributed by atoms with Gasteiger partial charge in [-0.05, 0) is 37.1 Å². The zero-order chi connectivity index (χ0) is 22.5. The lowest BCUT2D eigenvalue weighted by Gasteiger charge is -2.18. The number of carboxylic acid groups (broad SMARTS) is 1. The number of alkyl halides is 3. The Hall–Kier alpha value is -3.61. The number of hydrogen-bond donors (Lipinski definition) is 2. The minimum absolute atomic E-state index is 0. The van der Waals surface area contributed by atoms with Crippen LogP contribution in [0.15, 0.2) is 41.6 Å². The smallest absolute Gasteiger partial charge is 0.416 e. The van der Waals surface area contributed by atoms with Gasteiger partial charge >= 0.3 is 12.1 Å². The van der Waals surface area contributed by atoms with Crippen molar-refractivity contribution in [2.24, 2.45) is 0 Å². The number of aromatic nitrogens is 6. The number of aromatic carboxylic acids is 1. The summed E-state index contributed by atoms with van der Waals surface area (Å²) in [7, 11) is 0. The maximum Gasteiger partial charge on any atom is 0.416 e. The normalized spacial score (nSPS) is 12.5. The SMILES string of the molecule is Cc1ccc(C(F)(F)F)cc1[C@H](C)n1ncc2nc(-n3cc(C(=O)O)cn3)[nH]c(=O)c21.S. The van der Waals surface area contributed by atoms with E-state index in [9.17, 15) is 22.8 Å². The molecule has 32 heavy (non-hydrogen) atoms. The molecule has 1 atom stereocenters. The van der Waals surface area contributed by atoms with E-state index in [0.29, 0.717) is 11.1 Å². The zero-order valence-electron chi connectivity index (χ0n) is 16.7. The molecule has 0 bridgehead atoms. The standard InChI is InChI=1S/C19H15F3N6O3.H2S/c1-9-3-4-12(19(20,21)22)5-13(9)10(2)28-15-14(7-24-28)25-18(26-16(15)29)27-8-11(6-23-27)17(30)31;/h3-8,10H,1-2H3,(H,30,31)(H,25,26,29);1H2/t10-;/m0./s1. The number of fused-ring (bicyclic) bond motifs is 1. The van der Waals surface area contributed by atoms with Gasteiger partial charge in [0, 0.05) is 6.20 Å². The van der Waals surface area contributed by atoms with Gasteiger partial charge in [0.15, 0.2) is 5.52 Å². The van der Waals surface area contributed by atoms with E-state index in [2.05, 4.69) is 20.2 Å². The molecule has 168 valence electrons. The molecule has 0 amide bonds. The number of nitrogens with one attached hydrogen (secondary N) is 1. The second-order valence-corrected chi connectivity index (χ2v) is 6.94. The Morgan fingerprint density at radius 3 is 2.56 bits per heavy atom. The van der Waals surface area contributed by atoms with Crippen LogP contribution in [0.3, 0.4) is 0 Å². The minimum Gasteiger partial charge on any atom is -0.478 e. The van der Waals surface area contributed by atoms with Crippen molar-refractivity contribution < 1.29 is 23.1 Å². The van der Waals surface area contributed by atoms with Gasteiger partial charge < -0.3 is 5.11 Å². The Labute approximate surface area is 185 Å². The topological polar surface area (TPSA) is 119 Å². The highest BCUT2D eigenvalue weighted by molar-refractivity contribution is 7.59. The molecule has 0 aliphatic rings. The molecular weight excluding hydrogens is 449 g/mol. The molecule has 0 aliphatic carbocycles. The highest BCUT2D eigenvalue weighted by Crippen LogP contribution is 2.33. The second kappa shape index (κ2) is 8.15. The van der Waals surface area contributed by atoms with Crippen LogP contribution < -0.4 is 5.56 Å². The van der Waals surface area contributed by atoms with Crippen molar-refractivity contribution in [3.8, 4) is 5.95 Å². The van der Waals surface area contributed by atoms with Crippen molar-refractivity contribution in [2.75, 3.05) is 0 Å². The van der Waals surface area contributed by atoms with Crippen molar-refractivity contribution in [2.45, 2.75) is 26.1 Å². The van der Waals surface area contributed by atoms with Crippen LogP contribution in [0.25, 0.3) is 17.0 Å². The van der Waals surface area contributed by atoms with E-state index in [0.717, 1.165) is 23.0 Å². The lowest BCUT2D eigenvalue weighted by atomic mass is 9.99. The van der Waals surface area contributed by atoms with Gasteiger partial charge in [0.2, 0.25) is 5.95 Å². The van der Waals surface area contributed by atoms with Crippen LogP contribution in [-0.4, -0.2) is 40.6 Å². The predicted molar refractivity (Wildman–Crippen MR) is 113 cm³/mol. The summed E-state index contributed by atoms with van der Waals surface area (Å²) in [6.45, 7) is 3.31. The molecule has 2 N–H and O–H groups in total. The van der Waals surface area contributed by atoms with Crippen LogP contribution in [0.1, 0.15) is 40.0 Å². The molecule has 4 aromatic rings. The highest BCUT2D eigenvalue weighted by Gasteiger charge is 2.31. The quantitative estimate of drug-likeness (QED) is 0.477. The first-order chi connectivity index (χ1) is 14.6. The molecule has 3 aromatic heterocycles. The lowest BCUT2D eigenvalue weighted by molar-refractivity contribution is -0.137. The molecule has 3 heterocycles. The summed E-state index contributed by atoms with van der Waals surface area (Å²) in [5, 5.41) is 17.0. The summed E-state index contributed by atoms with van der Waals surface area (Å²) in [6.07, 6.45) is -0.893. The number of halogens is 3. The average Bonchev–Trinajstić information content (AvgIpc) is 3.34. The van der Waals surface area contributed by atoms with E-state index in [1.807, 2.05) is 0 Å². The number of aromatic amines is 1. The van der Waals surface area contributed by atoms with E-state index in [-0.39, 0.29) is 36.0 Å². The monoisotopic (exact) mass is 466 g/mol. The molecule has 0 spiro atoms. The van der Waals surface area contributed by atoms with Crippen LogP contribution in [0.2, 0.25) is 0 Å². The molecule has 4 rings (SSSR count). The Kier molecular flexibility index (Phi) is 5.87. The van der Waals surface area contributed by atoms with E-state index >= 15 is 0 Å². The minimum atomic E-state index is -4.50. The Balaban J connectivity index is 0.00000289. The number of carboxylic acids is 1. The van der Waals surface area contributed by atoms with E-state index < -0.39 is 29.3 Å². The Morgan fingerprint density at radius 1 is 1.22 bits per heavy atom. The van der Waals surface area contributed by atoms with Crippen LogP contribution in [0.5, 0.6) is 0 Å². The third-order valence-electron chi connectivity index (χ3n) is 4.91. The molecular formula is C19H17F3N6O3S. The molecule has 1 aromatic carbocycles. The number of aryl methyl sites for hydroxylation is 1. The van der Waals surface area contributed by atoms with Crippen molar-refractivity contribution in [1.29, 1.82) is 0 Å². The first-order valence-electron chi connectivity index (χ1n) is 9.00. The first kappa shape index (κ1) is 23.1. The van der Waals surface area contributed by atoms with Crippen LogP contribution >= 0.6 is 13.5 Å². The van der Waals surface area contributed by atoms with E-state index in [1.165, 1.54) is 23.1 Å². The third kappa shape index (κ3) is 3.98. The van der Waals surface area contributed by atoms with Gasteiger partial charge in [-0.25, -0.2) is 14.5 Å².